The number of hydrogen-bond acceptors (Lipinski definition) is 4. The van der Waals surface area contributed by atoms with E-state index in [0.29, 0.717) is 17.8 Å². The maximum absolute atomic E-state index is 13.6. The smallest absolute Gasteiger partial charge is 0.260 e. The quantitative estimate of drug-likeness (QED) is 0.920. The van der Waals surface area contributed by atoms with Crippen molar-refractivity contribution in [3.05, 3.63) is 34.3 Å². The minimum absolute atomic E-state index is 0. The van der Waals surface area contributed by atoms with Crippen molar-refractivity contribution < 1.29 is 8.91 Å². The molecule has 2 aromatic rings. The van der Waals surface area contributed by atoms with Gasteiger partial charge in [-0.3, -0.25) is 0 Å². The van der Waals surface area contributed by atoms with E-state index in [1.807, 2.05) is 14.0 Å². The molecule has 7 heteroatoms. The third kappa shape index (κ3) is 3.99. The molecule has 0 aliphatic carbocycles. The van der Waals surface area contributed by atoms with E-state index in [2.05, 4.69) is 31.4 Å². The molecule has 0 aliphatic heterocycles. The molecule has 1 heterocycles. The molecule has 0 bridgehead atoms. The van der Waals surface area contributed by atoms with Crippen LogP contribution in [0.25, 0.3) is 11.5 Å². The van der Waals surface area contributed by atoms with E-state index in [-0.39, 0.29) is 30.2 Å². The molecule has 0 aliphatic rings. The lowest BCUT2D eigenvalue weighted by Gasteiger charge is -2.04. The Kier molecular flexibility index (Phi) is 5.90. The third-order valence-electron chi connectivity index (χ3n) is 2.61. The third-order valence-corrected chi connectivity index (χ3v) is 3.10. The molecular formula is C12H14BrClFN3O. The zero-order valence-electron chi connectivity index (χ0n) is 10.5. The van der Waals surface area contributed by atoms with Gasteiger partial charge in [0, 0.05) is 16.9 Å². The van der Waals surface area contributed by atoms with E-state index >= 15 is 0 Å². The van der Waals surface area contributed by atoms with Gasteiger partial charge in [0.2, 0.25) is 0 Å². The first-order valence-electron chi connectivity index (χ1n) is 5.55. The fraction of sp³-hybridized carbons (Fsp3) is 0.333. The molecule has 104 valence electrons. The van der Waals surface area contributed by atoms with Gasteiger partial charge in [0.05, 0.1) is 5.56 Å². The van der Waals surface area contributed by atoms with Crippen molar-refractivity contribution in [2.24, 2.45) is 0 Å². The number of nitrogens with one attached hydrogen (secondary N) is 1. The lowest BCUT2D eigenvalue weighted by atomic mass is 10.2. The summed E-state index contributed by atoms with van der Waals surface area (Å²) in [6.07, 6.45) is 0.635. The fourth-order valence-electron chi connectivity index (χ4n) is 1.48. The highest BCUT2D eigenvalue weighted by Crippen LogP contribution is 2.24. The van der Waals surface area contributed by atoms with Gasteiger partial charge in [-0.1, -0.05) is 21.1 Å². The number of aromatic nitrogens is 2. The Morgan fingerprint density at radius 2 is 2.21 bits per heavy atom. The Morgan fingerprint density at radius 3 is 2.89 bits per heavy atom. The molecule has 1 unspecified atom stereocenters. The number of hydrogen-bond donors (Lipinski definition) is 1. The van der Waals surface area contributed by atoms with Crippen molar-refractivity contribution in [3.8, 4) is 11.5 Å². The van der Waals surface area contributed by atoms with Crippen LogP contribution in [0.2, 0.25) is 0 Å². The highest BCUT2D eigenvalue weighted by Gasteiger charge is 2.14. The summed E-state index contributed by atoms with van der Waals surface area (Å²) in [5.41, 5.74) is 0.306. The van der Waals surface area contributed by atoms with E-state index in [4.69, 9.17) is 4.52 Å². The van der Waals surface area contributed by atoms with E-state index in [0.717, 1.165) is 4.47 Å². The Morgan fingerprint density at radius 1 is 1.47 bits per heavy atom. The second kappa shape index (κ2) is 6.98. The predicted molar refractivity (Wildman–Crippen MR) is 76.9 cm³/mol. The van der Waals surface area contributed by atoms with Gasteiger partial charge >= 0.3 is 0 Å². The van der Waals surface area contributed by atoms with Crippen LogP contribution in [0.5, 0.6) is 0 Å². The summed E-state index contributed by atoms with van der Waals surface area (Å²) in [7, 11) is 1.86. The van der Waals surface area contributed by atoms with Gasteiger partial charge in [-0.15, -0.1) is 12.4 Å². The normalized spacial score (nSPS) is 12.0. The summed E-state index contributed by atoms with van der Waals surface area (Å²) in [6.45, 7) is 2.01. The number of rotatable bonds is 4. The minimum atomic E-state index is -0.380. The monoisotopic (exact) mass is 349 g/mol. The summed E-state index contributed by atoms with van der Waals surface area (Å²) in [5, 5.41) is 6.92. The first-order valence-corrected chi connectivity index (χ1v) is 6.34. The summed E-state index contributed by atoms with van der Waals surface area (Å²) in [6, 6.07) is 4.84. The van der Waals surface area contributed by atoms with E-state index in [1.54, 1.807) is 12.1 Å². The maximum Gasteiger partial charge on any atom is 0.260 e. The number of benzene rings is 1. The first kappa shape index (κ1) is 16.1. The Labute approximate surface area is 125 Å². The maximum atomic E-state index is 13.6. The lowest BCUT2D eigenvalue weighted by molar-refractivity contribution is 0.416. The van der Waals surface area contributed by atoms with E-state index in [9.17, 15) is 4.39 Å². The van der Waals surface area contributed by atoms with Crippen LogP contribution in [0.3, 0.4) is 0 Å². The number of likely N-dealkylation sites (N-methyl/N-ethyl adjacent to an activating group) is 1. The Hall–Kier alpha value is -0.980. The van der Waals surface area contributed by atoms with Crippen molar-refractivity contribution in [1.29, 1.82) is 0 Å². The molecule has 0 saturated carbocycles. The van der Waals surface area contributed by atoms with Crippen molar-refractivity contribution in [2.45, 2.75) is 19.4 Å². The molecule has 19 heavy (non-hydrogen) atoms. The molecule has 0 fully saturated rings. The molecule has 1 N–H and O–H groups in total. The van der Waals surface area contributed by atoms with Gasteiger partial charge in [-0.05, 0) is 32.2 Å². The Bertz CT molecular complexity index is 550. The van der Waals surface area contributed by atoms with Crippen LogP contribution in [0.4, 0.5) is 4.39 Å². The first-order chi connectivity index (χ1) is 8.60. The molecule has 1 atom stereocenters. The molecule has 0 spiro atoms. The molecule has 2 rings (SSSR count). The van der Waals surface area contributed by atoms with Crippen LogP contribution in [0, 0.1) is 5.82 Å². The molecular weight excluding hydrogens is 337 g/mol. The van der Waals surface area contributed by atoms with Gasteiger partial charge in [0.15, 0.2) is 5.82 Å². The van der Waals surface area contributed by atoms with E-state index in [1.165, 1.54) is 6.07 Å². The standard InChI is InChI=1S/C12H13BrFN3O.ClH/c1-7(15-2)5-11-16-12(18-17-11)9-6-8(13)3-4-10(9)14;/h3-4,6-7,15H,5H2,1-2H3;1H. The zero-order valence-corrected chi connectivity index (χ0v) is 12.9. The summed E-state index contributed by atoms with van der Waals surface area (Å²) >= 11 is 3.29. The average molecular weight is 351 g/mol. The highest BCUT2D eigenvalue weighted by atomic mass is 79.9. The van der Waals surface area contributed by atoms with Crippen molar-refractivity contribution in [3.63, 3.8) is 0 Å². The fourth-order valence-corrected chi connectivity index (χ4v) is 1.84. The second-order valence-corrected chi connectivity index (χ2v) is 4.95. The predicted octanol–water partition coefficient (Wildman–Crippen LogP) is 3.21. The average Bonchev–Trinajstić information content (AvgIpc) is 2.80. The van der Waals surface area contributed by atoms with Gasteiger partial charge in [0.1, 0.15) is 5.82 Å². The van der Waals surface area contributed by atoms with Crippen molar-refractivity contribution >= 4 is 28.3 Å². The van der Waals surface area contributed by atoms with Gasteiger partial charge in [-0.2, -0.15) is 4.98 Å². The highest BCUT2D eigenvalue weighted by molar-refractivity contribution is 9.10. The second-order valence-electron chi connectivity index (χ2n) is 4.03. The van der Waals surface area contributed by atoms with Crippen molar-refractivity contribution in [2.75, 3.05) is 7.05 Å². The molecule has 4 nitrogen and oxygen atoms in total. The van der Waals surface area contributed by atoms with Crippen LogP contribution in [0.1, 0.15) is 12.7 Å². The van der Waals surface area contributed by atoms with Crippen molar-refractivity contribution in [1.82, 2.24) is 15.5 Å². The van der Waals surface area contributed by atoms with Gasteiger partial charge in [0.25, 0.3) is 5.89 Å². The van der Waals surface area contributed by atoms with E-state index < -0.39 is 0 Å². The number of nitrogens with zero attached hydrogens (tertiary/aromatic N) is 2. The summed E-state index contributed by atoms with van der Waals surface area (Å²) < 4.78 is 19.5. The molecule has 0 radical (unpaired) electrons. The van der Waals surface area contributed by atoms with Crippen LogP contribution < -0.4 is 5.32 Å². The van der Waals surface area contributed by atoms with Crippen LogP contribution in [-0.2, 0) is 6.42 Å². The van der Waals surface area contributed by atoms with Gasteiger partial charge in [-0.25, -0.2) is 4.39 Å². The van der Waals surface area contributed by atoms with Gasteiger partial charge < -0.3 is 9.84 Å². The van der Waals surface area contributed by atoms with Crippen LogP contribution in [0.15, 0.2) is 27.2 Å². The Balaban J connectivity index is 0.00000180. The lowest BCUT2D eigenvalue weighted by Crippen LogP contribution is -2.24. The van der Waals surface area contributed by atoms with Crippen LogP contribution >= 0.6 is 28.3 Å². The number of halogens is 3. The molecule has 1 aromatic carbocycles. The zero-order chi connectivity index (χ0) is 13.1. The SMILES string of the molecule is CNC(C)Cc1noc(-c2cc(Br)ccc2F)n1.Cl. The largest absolute Gasteiger partial charge is 0.334 e. The van der Waals surface area contributed by atoms with Crippen LogP contribution in [-0.4, -0.2) is 23.2 Å². The topological polar surface area (TPSA) is 51.0 Å². The summed E-state index contributed by atoms with van der Waals surface area (Å²) in [4.78, 5) is 4.19. The molecule has 1 aromatic heterocycles. The molecule has 0 amide bonds. The summed E-state index contributed by atoms with van der Waals surface area (Å²) in [5.74, 6) is 0.383. The molecule has 0 saturated heterocycles. The minimum Gasteiger partial charge on any atom is -0.334 e.